The predicted octanol–water partition coefficient (Wildman–Crippen LogP) is 6.76. The lowest BCUT2D eigenvalue weighted by molar-refractivity contribution is -0.147. The first-order valence-electron chi connectivity index (χ1n) is 25.3. The summed E-state index contributed by atoms with van der Waals surface area (Å²) in [5.41, 5.74) is 5.62. The predicted molar refractivity (Wildman–Crippen MR) is 280 cm³/mol. The summed E-state index contributed by atoms with van der Waals surface area (Å²) in [6.07, 6.45) is 6.87. The number of rotatable bonds is 22. The Labute approximate surface area is 428 Å². The molecule has 0 saturated heterocycles. The molecule has 17 nitrogen and oxygen atoms in total. The summed E-state index contributed by atoms with van der Waals surface area (Å²) in [5.74, 6) is -3.88. The van der Waals surface area contributed by atoms with E-state index in [9.17, 15) is 33.6 Å². The SMILES string of the molecule is CC[C@H](C)[C@H](NC(=O)[C@H](Cc1c[nH]c2ccccc12)NC(=O)CC[C@H]1CCC[C@@H](NC(=O)[C@H](Cc2c[nH]c3ccccc23)NC(=O)[C@H](Cc2c[nH]c3ccccc23)NC(=O)OCc2ccccc2)C1=O)C(=O)OC. The smallest absolute Gasteiger partial charge is 0.408 e. The summed E-state index contributed by atoms with van der Waals surface area (Å²) in [5, 5.41) is 16.9. The molecule has 1 aliphatic rings. The van der Waals surface area contributed by atoms with E-state index in [-0.39, 0.29) is 50.4 Å². The fraction of sp³-hybridized carbons (Fsp3) is 0.351. The van der Waals surface area contributed by atoms with Crippen molar-refractivity contribution < 1.29 is 43.0 Å². The molecule has 74 heavy (non-hydrogen) atoms. The molecule has 4 aromatic carbocycles. The number of carbonyl (C=O) groups is 7. The number of H-pyrrole nitrogens is 3. The molecule has 7 aromatic rings. The first-order valence-corrected chi connectivity index (χ1v) is 25.3. The molecule has 1 aliphatic carbocycles. The lowest BCUT2D eigenvalue weighted by Gasteiger charge is -2.30. The Morgan fingerprint density at radius 1 is 0.622 bits per heavy atom. The largest absolute Gasteiger partial charge is 0.467 e. The summed E-state index contributed by atoms with van der Waals surface area (Å²) < 4.78 is 10.5. The molecular formula is C57H64N8O9. The summed E-state index contributed by atoms with van der Waals surface area (Å²) in [7, 11) is 1.26. The van der Waals surface area contributed by atoms with Gasteiger partial charge in [-0.1, -0.05) is 112 Å². The average Bonchev–Trinajstić information content (AvgIpc) is 4.16. The maximum Gasteiger partial charge on any atom is 0.408 e. The molecule has 17 heteroatoms. The number of amides is 5. The van der Waals surface area contributed by atoms with Gasteiger partial charge in [0.05, 0.1) is 13.2 Å². The van der Waals surface area contributed by atoms with Crippen molar-refractivity contribution in [1.29, 1.82) is 0 Å². The second-order valence-electron chi connectivity index (χ2n) is 19.2. The Bertz CT molecular complexity index is 3110. The lowest BCUT2D eigenvalue weighted by Crippen LogP contribution is -2.57. The number of hydrogen-bond acceptors (Lipinski definition) is 9. The van der Waals surface area contributed by atoms with Crippen molar-refractivity contribution in [3.05, 3.63) is 144 Å². The number of Topliss-reactive ketones (excluding diaryl/α,β-unsaturated/α-hetero) is 1. The van der Waals surface area contributed by atoms with Crippen molar-refractivity contribution in [1.82, 2.24) is 41.5 Å². The number of hydrogen-bond donors (Lipinski definition) is 8. The monoisotopic (exact) mass is 1000 g/mol. The summed E-state index contributed by atoms with van der Waals surface area (Å²) in [6.45, 7) is 3.71. The van der Waals surface area contributed by atoms with Gasteiger partial charge >= 0.3 is 12.1 Å². The van der Waals surface area contributed by atoms with E-state index in [1.54, 1.807) is 18.6 Å². The fourth-order valence-corrected chi connectivity index (χ4v) is 9.83. The highest BCUT2D eigenvalue weighted by molar-refractivity contribution is 5.97. The van der Waals surface area contributed by atoms with Crippen LogP contribution in [-0.4, -0.2) is 93.7 Å². The zero-order valence-electron chi connectivity index (χ0n) is 41.8. The molecule has 5 amide bonds. The van der Waals surface area contributed by atoms with E-state index >= 15 is 0 Å². The molecule has 7 atom stereocenters. The molecular weight excluding hydrogens is 941 g/mol. The second-order valence-corrected chi connectivity index (χ2v) is 19.2. The van der Waals surface area contributed by atoms with Crippen molar-refractivity contribution in [3.63, 3.8) is 0 Å². The second kappa shape index (κ2) is 24.5. The van der Waals surface area contributed by atoms with E-state index in [1.807, 2.05) is 117 Å². The number of benzene rings is 4. The molecule has 0 unspecified atom stereocenters. The van der Waals surface area contributed by atoms with E-state index in [0.29, 0.717) is 25.7 Å². The van der Waals surface area contributed by atoms with Gasteiger partial charge in [-0.15, -0.1) is 0 Å². The first kappa shape index (κ1) is 52.1. The van der Waals surface area contributed by atoms with Crippen molar-refractivity contribution in [2.45, 2.75) is 108 Å². The molecule has 0 radical (unpaired) electrons. The molecule has 1 fully saturated rings. The number of aromatic amines is 3. The third-order valence-electron chi connectivity index (χ3n) is 14.2. The van der Waals surface area contributed by atoms with Gasteiger partial charge in [0.15, 0.2) is 5.78 Å². The van der Waals surface area contributed by atoms with Crippen LogP contribution in [0.1, 0.15) is 74.6 Å². The Morgan fingerprint density at radius 3 is 1.66 bits per heavy atom. The van der Waals surface area contributed by atoms with E-state index in [2.05, 4.69) is 41.5 Å². The van der Waals surface area contributed by atoms with E-state index in [4.69, 9.17) is 9.47 Å². The molecule has 8 N–H and O–H groups in total. The zero-order chi connectivity index (χ0) is 52.1. The number of nitrogens with one attached hydrogen (secondary N) is 8. The maximum absolute atomic E-state index is 14.6. The molecule has 386 valence electrons. The van der Waals surface area contributed by atoms with Crippen LogP contribution in [0.5, 0.6) is 0 Å². The quantitative estimate of drug-likeness (QED) is 0.0334. The summed E-state index contributed by atoms with van der Waals surface area (Å²) in [4.78, 5) is 107. The number of esters is 1. The molecule has 1 saturated carbocycles. The summed E-state index contributed by atoms with van der Waals surface area (Å²) >= 11 is 0. The lowest BCUT2D eigenvalue weighted by atomic mass is 9.81. The molecule has 3 heterocycles. The highest BCUT2D eigenvalue weighted by Gasteiger charge is 2.36. The van der Waals surface area contributed by atoms with Crippen LogP contribution < -0.4 is 26.6 Å². The average molecular weight is 1010 g/mol. The van der Waals surface area contributed by atoms with Gasteiger partial charge in [0.25, 0.3) is 0 Å². The zero-order valence-corrected chi connectivity index (χ0v) is 41.8. The molecule has 0 bridgehead atoms. The van der Waals surface area contributed by atoms with E-state index in [1.165, 1.54) is 7.11 Å². The van der Waals surface area contributed by atoms with Crippen molar-refractivity contribution in [3.8, 4) is 0 Å². The van der Waals surface area contributed by atoms with Gasteiger partial charge in [-0.05, 0) is 65.6 Å². The minimum absolute atomic E-state index is 0.0261. The number of aromatic nitrogens is 3. The Balaban J connectivity index is 0.961. The van der Waals surface area contributed by atoms with Gasteiger partial charge in [-0.3, -0.25) is 24.0 Å². The minimum atomic E-state index is -1.19. The normalized spacial score (nSPS) is 16.6. The van der Waals surface area contributed by atoms with Gasteiger partial charge in [0.2, 0.25) is 23.6 Å². The number of carbonyl (C=O) groups excluding carboxylic acids is 7. The van der Waals surface area contributed by atoms with E-state index < -0.39 is 71.8 Å². The van der Waals surface area contributed by atoms with Gasteiger partial charge in [-0.2, -0.15) is 0 Å². The van der Waals surface area contributed by atoms with Crippen LogP contribution in [0.25, 0.3) is 32.7 Å². The standard InChI is InChI=1S/C57H64N8O9/c1-4-34(2)51(56(71)73-3)65-55(70)47(27-37-30-58-43-21-11-8-18-40(37)43)61-50(66)26-25-36-17-14-24-46(52(36)67)62-53(68)48(28-38-31-59-44-22-12-9-19-41(38)44)63-54(69)49(29-39-32-60-45-23-13-10-20-42(39)45)64-57(72)74-33-35-15-6-5-7-16-35/h5-13,15-16,18-23,30-32,34,36,46-49,51,58-60H,4,14,17,24-29,33H2,1-3H3,(H,61,66)(H,62,68)(H,63,69)(H,64,72)(H,65,70)/t34-,36+,46+,47-,48-,49-,51-/m0/s1. The highest BCUT2D eigenvalue weighted by atomic mass is 16.5. The maximum atomic E-state index is 14.6. The van der Waals surface area contributed by atoms with Gasteiger partial charge in [0, 0.05) is 82.9 Å². The van der Waals surface area contributed by atoms with Gasteiger partial charge in [0.1, 0.15) is 30.8 Å². The number of fused-ring (bicyclic) bond motifs is 3. The molecule has 3 aromatic heterocycles. The fourth-order valence-electron chi connectivity index (χ4n) is 9.83. The highest BCUT2D eigenvalue weighted by Crippen LogP contribution is 2.27. The Hall–Kier alpha value is -8.21. The van der Waals surface area contributed by atoms with Crippen LogP contribution in [0.3, 0.4) is 0 Å². The van der Waals surface area contributed by atoms with Crippen LogP contribution in [0, 0.1) is 11.8 Å². The van der Waals surface area contributed by atoms with Crippen LogP contribution in [0.15, 0.2) is 122 Å². The number of alkyl carbamates (subject to hydrolysis) is 1. The third kappa shape index (κ3) is 12.9. The molecule has 8 rings (SSSR count). The topological polar surface area (TPSA) is 245 Å². The van der Waals surface area contributed by atoms with Crippen LogP contribution in [-0.2, 0) is 64.1 Å². The van der Waals surface area contributed by atoms with Gasteiger partial charge < -0.3 is 51.0 Å². The van der Waals surface area contributed by atoms with Gasteiger partial charge in [-0.25, -0.2) is 9.59 Å². The molecule has 0 aliphatic heterocycles. The summed E-state index contributed by atoms with van der Waals surface area (Å²) in [6, 6.07) is 26.7. The third-order valence-corrected chi connectivity index (χ3v) is 14.2. The number of ketones is 1. The van der Waals surface area contributed by atoms with Crippen molar-refractivity contribution >= 4 is 74.2 Å². The van der Waals surface area contributed by atoms with Crippen molar-refractivity contribution in [2.75, 3.05) is 7.11 Å². The Kier molecular flexibility index (Phi) is 17.2. The van der Waals surface area contributed by atoms with Crippen LogP contribution >= 0.6 is 0 Å². The van der Waals surface area contributed by atoms with Crippen LogP contribution in [0.2, 0.25) is 0 Å². The Morgan fingerprint density at radius 2 is 1.12 bits per heavy atom. The van der Waals surface area contributed by atoms with Crippen LogP contribution in [0.4, 0.5) is 4.79 Å². The number of methoxy groups -OCH3 is 1. The van der Waals surface area contributed by atoms with Crippen molar-refractivity contribution in [2.24, 2.45) is 11.8 Å². The number of ether oxygens (including phenoxy) is 2. The number of para-hydroxylation sites is 3. The first-order chi connectivity index (χ1) is 35.9. The molecule has 0 spiro atoms. The minimum Gasteiger partial charge on any atom is -0.467 e. The van der Waals surface area contributed by atoms with E-state index in [0.717, 1.165) is 55.0 Å².